The Kier molecular flexibility index (Phi) is 10.9. The van der Waals surface area contributed by atoms with Crippen molar-refractivity contribution in [3.63, 3.8) is 0 Å². The van der Waals surface area contributed by atoms with Crippen molar-refractivity contribution in [3.8, 4) is 55.0 Å². The summed E-state index contributed by atoms with van der Waals surface area (Å²) < 4.78 is 52.6. The molecule has 0 radical (unpaired) electrons. The van der Waals surface area contributed by atoms with Gasteiger partial charge in [-0.3, -0.25) is 33.9 Å². The predicted octanol–water partition coefficient (Wildman–Crippen LogP) is 11.9. The third-order valence-electron chi connectivity index (χ3n) is 19.9. The molecule has 0 atom stereocenters. The van der Waals surface area contributed by atoms with E-state index in [1.807, 2.05) is 97.4 Å². The maximum Gasteiger partial charge on any atom is 0.374 e. The number of benzene rings is 2. The Hall–Kier alpha value is -12.3. The first-order chi connectivity index (χ1) is 49.1. The lowest BCUT2D eigenvalue weighted by atomic mass is 10.1. The van der Waals surface area contributed by atoms with Crippen LogP contribution in [-0.4, -0.2) is 60.8 Å². The van der Waals surface area contributed by atoms with Crippen LogP contribution in [0.4, 0.5) is 0 Å². The fourth-order valence-corrected chi connectivity index (χ4v) is 18.2. The van der Waals surface area contributed by atoms with Crippen LogP contribution < -0.4 is 22.5 Å². The van der Waals surface area contributed by atoms with Crippen LogP contribution in [-0.2, 0) is 46.7 Å². The first kappa shape index (κ1) is 51.2. The van der Waals surface area contributed by atoms with Gasteiger partial charge in [-0.15, -0.1) is 0 Å². The van der Waals surface area contributed by atoms with E-state index < -0.39 is 6.98 Å². The van der Waals surface area contributed by atoms with Gasteiger partial charge in [-0.1, -0.05) is 42.5 Å². The first-order valence-corrected chi connectivity index (χ1v) is 33.8. The standard InChI is InChI=1S/2C16H12N3S.3C15H11N4/c2*1-18-13-5-3-2-4-12(13)14-16(18)20-15-11-6-7-17-8-10(11)9-19(14)15;1-2-6-19-12(3-1)9-18-10-17-8-11-7-16-5-4-13(11)14(17)15(18)19;1-2-6-18-12(3-1)9-19-14(18)10-17-8-11-7-16-5-4-13(11)15(17)19;1-2-6-18-12(3-1)9-17-10-14-13-4-5-16-7-11(13)8-19(14)15(17)18/h2*2-8H,9H2,1H3;3*1-7,9-10H,8H2/q5*+1/i1D3;;;;. The van der Waals surface area contributed by atoms with E-state index in [-0.39, 0.29) is 0 Å². The molecule has 0 aliphatic carbocycles. The Labute approximate surface area is 564 Å². The molecule has 0 N–H and O–H groups in total. The Bertz CT molecular complexity index is 6810. The van der Waals surface area contributed by atoms with Crippen molar-refractivity contribution in [2.45, 2.75) is 32.7 Å². The third-order valence-corrected chi connectivity index (χ3v) is 22.4. The number of aromatic nitrogens is 18. The second-order valence-corrected chi connectivity index (χ2v) is 27.2. The topological polar surface area (TPSA) is 122 Å². The van der Waals surface area contributed by atoms with Gasteiger partial charge in [-0.2, -0.15) is 13.5 Å². The number of hydrogen-bond donors (Lipinski definition) is 0. The highest BCUT2D eigenvalue weighted by Gasteiger charge is 2.38. The minimum Gasteiger partial charge on any atom is -0.330 e. The number of rotatable bonds is 0. The van der Waals surface area contributed by atoms with Gasteiger partial charge in [0.1, 0.15) is 48.1 Å². The van der Waals surface area contributed by atoms with Crippen LogP contribution >= 0.6 is 22.7 Å². The molecule has 0 amide bonds. The fraction of sp³-hybridized carbons (Fsp3) is 0.0909. The summed E-state index contributed by atoms with van der Waals surface area (Å²) in [6.07, 6.45) is 38.5. The largest absolute Gasteiger partial charge is 0.374 e. The first-order valence-electron chi connectivity index (χ1n) is 33.7. The van der Waals surface area contributed by atoms with Crippen molar-refractivity contribution in [2.24, 2.45) is 14.0 Å². The summed E-state index contributed by atoms with van der Waals surface area (Å²) in [6, 6.07) is 45.6. The molecule has 25 rings (SSSR count). The van der Waals surface area contributed by atoms with Gasteiger partial charge in [-0.05, 0) is 114 Å². The number of nitrogens with zero attached hydrogens (tertiary/aromatic N) is 18. The summed E-state index contributed by atoms with van der Waals surface area (Å²) in [7, 11) is 2.16. The molecule has 0 saturated heterocycles. The van der Waals surface area contributed by atoms with Crippen molar-refractivity contribution in [3.05, 3.63) is 279 Å². The molecule has 0 unspecified atom stereocenters. The van der Waals surface area contributed by atoms with E-state index in [9.17, 15) is 0 Å². The van der Waals surface area contributed by atoms with Gasteiger partial charge in [-0.25, -0.2) is 26.7 Å². The number of para-hydroxylation sites is 2. The molecule has 5 aliphatic rings. The van der Waals surface area contributed by atoms with Crippen LogP contribution in [0.15, 0.2) is 251 Å². The number of aryl methyl sites for hydroxylation is 2. The lowest BCUT2D eigenvalue weighted by Crippen LogP contribution is -2.30. The minimum atomic E-state index is -2.19. The number of thiazole rings is 2. The molecule has 2 aromatic carbocycles. The van der Waals surface area contributed by atoms with E-state index in [1.54, 1.807) is 17.5 Å². The maximum absolute atomic E-state index is 7.94. The van der Waals surface area contributed by atoms with Crippen LogP contribution in [0.25, 0.3) is 131 Å². The van der Waals surface area contributed by atoms with E-state index in [1.165, 1.54) is 132 Å². The molecule has 18 nitrogen and oxygen atoms in total. The van der Waals surface area contributed by atoms with Crippen molar-refractivity contribution >= 4 is 98.8 Å². The fourth-order valence-electron chi connectivity index (χ4n) is 15.6. The van der Waals surface area contributed by atoms with Gasteiger partial charge in [0.15, 0.2) is 41.0 Å². The summed E-state index contributed by atoms with van der Waals surface area (Å²) in [5, 5.41) is 4.79. The van der Waals surface area contributed by atoms with Crippen LogP contribution in [0.3, 0.4) is 0 Å². The summed E-state index contributed by atoms with van der Waals surface area (Å²) in [5.41, 5.74) is 25.8. The molecule has 20 aromatic rings. The molecule has 97 heavy (non-hydrogen) atoms. The third kappa shape index (κ3) is 7.92. The normalized spacial score (nSPS) is 13.6. The second kappa shape index (κ2) is 20.6. The van der Waals surface area contributed by atoms with Gasteiger partial charge < -0.3 is 9.13 Å². The highest BCUT2D eigenvalue weighted by atomic mass is 32.1. The molecular formula is C77H57N18S2+5. The Balaban J connectivity index is 0.0000000820. The second-order valence-electron chi connectivity index (χ2n) is 25.2. The number of imidazole rings is 6. The molecule has 462 valence electrons. The molecule has 0 spiro atoms. The summed E-state index contributed by atoms with van der Waals surface area (Å²) in [4.78, 5) is 23.3. The molecule has 20 heteroatoms. The molecule has 0 bridgehead atoms. The van der Waals surface area contributed by atoms with Crippen molar-refractivity contribution in [1.82, 2.24) is 60.8 Å². The predicted molar refractivity (Wildman–Crippen MR) is 374 cm³/mol. The van der Waals surface area contributed by atoms with Crippen molar-refractivity contribution < 1.29 is 26.6 Å². The van der Waals surface area contributed by atoms with Gasteiger partial charge in [0.05, 0.1) is 69.5 Å². The maximum atomic E-state index is 7.94. The van der Waals surface area contributed by atoms with Crippen molar-refractivity contribution in [1.29, 1.82) is 0 Å². The SMILES string of the molecule is Cn1c2ccccc2c2c1sc1[n+]2Cc2cnccc2-1.[2H]C([2H])([2H])n1c2ccccc2c2c1sc1[n+]2Cc2cnccc2-1.c1ccn2c(c1)c[n+]1cc3n(c21)Cc1cnccc1-3.c1ccn2c(c1)c[n+]1cn3c(c21)-c1ccncc1C3.c1ccn2c(c1)cn1c3[n+](cc12)Cc1cnccc1-3. The molecular weight excluding hydrogens is 1240 g/mol. The smallest absolute Gasteiger partial charge is 0.330 e. The average molecular weight is 1300 g/mol. The Morgan fingerprint density at radius 2 is 1.00 bits per heavy atom. The molecule has 23 heterocycles. The van der Waals surface area contributed by atoms with Gasteiger partial charge in [0.25, 0.3) is 38.2 Å². The molecule has 18 aromatic heterocycles. The number of pyridine rings is 8. The Morgan fingerprint density at radius 1 is 0.464 bits per heavy atom. The number of hydrogen-bond acceptors (Lipinski definition) is 7. The zero-order chi connectivity index (χ0) is 66.2. The van der Waals surface area contributed by atoms with Crippen LogP contribution in [0.5, 0.6) is 0 Å². The lowest BCUT2D eigenvalue weighted by molar-refractivity contribution is -0.670. The highest BCUT2D eigenvalue weighted by Crippen LogP contribution is 2.42. The molecule has 5 aliphatic heterocycles. The molecule has 0 fully saturated rings. The molecule has 0 saturated carbocycles. The van der Waals surface area contributed by atoms with Gasteiger partial charge in [0.2, 0.25) is 0 Å². The van der Waals surface area contributed by atoms with Gasteiger partial charge >= 0.3 is 5.78 Å². The van der Waals surface area contributed by atoms with E-state index in [2.05, 4.69) is 245 Å². The summed E-state index contributed by atoms with van der Waals surface area (Å²) >= 11 is 3.43. The quantitative estimate of drug-likeness (QED) is 0.140. The van der Waals surface area contributed by atoms with Crippen LogP contribution in [0.2, 0.25) is 0 Å². The van der Waals surface area contributed by atoms with Crippen LogP contribution in [0, 0.1) is 0 Å². The zero-order valence-corrected chi connectivity index (χ0v) is 53.7. The van der Waals surface area contributed by atoms with E-state index in [0.717, 1.165) is 64.5 Å². The minimum absolute atomic E-state index is 0.744. The van der Waals surface area contributed by atoms with E-state index >= 15 is 0 Å². The lowest BCUT2D eigenvalue weighted by Gasteiger charge is -1.94. The van der Waals surface area contributed by atoms with E-state index in [4.69, 9.17) is 4.11 Å². The number of fused-ring (bicyclic) bond motifs is 35. The van der Waals surface area contributed by atoms with Crippen LogP contribution in [0.1, 0.15) is 31.9 Å². The zero-order valence-electron chi connectivity index (χ0n) is 55.1. The summed E-state index contributed by atoms with van der Waals surface area (Å²) in [5.74, 6) is 2.44. The van der Waals surface area contributed by atoms with Crippen molar-refractivity contribution in [2.75, 3.05) is 0 Å². The average Bonchev–Trinajstić information content (AvgIpc) is 1.58. The van der Waals surface area contributed by atoms with Gasteiger partial charge in [0, 0.05) is 125 Å². The highest BCUT2D eigenvalue weighted by molar-refractivity contribution is 7.21. The van der Waals surface area contributed by atoms with E-state index in [0.29, 0.717) is 0 Å². The Morgan fingerprint density at radius 3 is 1.68 bits per heavy atom. The monoisotopic (exact) mass is 1300 g/mol. The summed E-state index contributed by atoms with van der Waals surface area (Å²) in [6.45, 7) is 2.21.